The van der Waals surface area contributed by atoms with Crippen molar-refractivity contribution in [1.29, 1.82) is 0 Å². The van der Waals surface area contributed by atoms with Crippen molar-refractivity contribution < 1.29 is 27.4 Å². The van der Waals surface area contributed by atoms with E-state index in [9.17, 15) is 18.0 Å². The lowest BCUT2D eigenvalue weighted by atomic mass is 10.1. The summed E-state index contributed by atoms with van der Waals surface area (Å²) in [7, 11) is 0. The second-order valence-corrected chi connectivity index (χ2v) is 5.25. The molecule has 9 heteroatoms. The van der Waals surface area contributed by atoms with E-state index >= 15 is 0 Å². The van der Waals surface area contributed by atoms with Crippen molar-refractivity contribution in [3.63, 3.8) is 0 Å². The lowest BCUT2D eigenvalue weighted by molar-refractivity contribution is -0.153. The summed E-state index contributed by atoms with van der Waals surface area (Å²) in [6.45, 7) is -0.0417. The first-order valence-electron chi connectivity index (χ1n) is 7.35. The van der Waals surface area contributed by atoms with Crippen LogP contribution in [0.15, 0.2) is 24.3 Å². The monoisotopic (exact) mass is 368 g/mol. The minimum absolute atomic E-state index is 0. The average Bonchev–Trinajstić information content (AvgIpc) is 2.52. The molecule has 0 bridgehead atoms. The topological polar surface area (TPSA) is 59.6 Å². The highest BCUT2D eigenvalue weighted by Gasteiger charge is 2.29. The van der Waals surface area contributed by atoms with E-state index in [4.69, 9.17) is 9.47 Å². The number of halogens is 4. The minimum Gasteiger partial charge on any atom is -0.480 e. The molecular formula is C15H20ClF3N2O3. The Morgan fingerprint density at radius 2 is 1.92 bits per heavy atom. The zero-order chi connectivity index (χ0) is 16.7. The van der Waals surface area contributed by atoms with Gasteiger partial charge in [-0.3, -0.25) is 4.79 Å². The smallest absolute Gasteiger partial charge is 0.422 e. The summed E-state index contributed by atoms with van der Waals surface area (Å²) in [4.78, 5) is 11.8. The van der Waals surface area contributed by atoms with Crippen LogP contribution in [-0.2, 0) is 4.79 Å². The number of rotatable bonds is 6. The van der Waals surface area contributed by atoms with Crippen LogP contribution in [0.3, 0.4) is 0 Å². The Bertz CT molecular complexity index is 523. The van der Waals surface area contributed by atoms with Gasteiger partial charge in [0, 0.05) is 12.6 Å². The molecule has 1 heterocycles. The quantitative estimate of drug-likeness (QED) is 0.809. The number of ether oxygens (including phenoxy) is 2. The standard InChI is InChI=1S/C15H19F3N2O3.ClH/c16-15(17,18)10-23-13-6-2-1-5-12(13)22-9-14(21)20-11-4-3-7-19-8-11;/h1-2,5-6,11,19H,3-4,7-10H2,(H,20,21);1H. The molecule has 2 N–H and O–H groups in total. The second kappa shape index (κ2) is 9.58. The molecule has 1 aliphatic rings. The SMILES string of the molecule is Cl.O=C(COc1ccccc1OCC(F)(F)F)NC1CCCNC1. The van der Waals surface area contributed by atoms with E-state index in [2.05, 4.69) is 10.6 Å². The van der Waals surface area contributed by atoms with Crippen molar-refractivity contribution >= 4 is 18.3 Å². The summed E-state index contributed by atoms with van der Waals surface area (Å²) in [6.07, 6.45) is -2.55. The molecule has 1 saturated heterocycles. The highest BCUT2D eigenvalue weighted by atomic mass is 35.5. The Morgan fingerprint density at radius 3 is 2.50 bits per heavy atom. The molecule has 2 rings (SSSR count). The van der Waals surface area contributed by atoms with Crippen LogP contribution in [0.1, 0.15) is 12.8 Å². The molecule has 1 fully saturated rings. The van der Waals surface area contributed by atoms with Gasteiger partial charge in [-0.15, -0.1) is 12.4 Å². The van der Waals surface area contributed by atoms with E-state index in [1.807, 2.05) is 0 Å². The highest BCUT2D eigenvalue weighted by Crippen LogP contribution is 2.28. The maximum atomic E-state index is 12.2. The van der Waals surface area contributed by atoms with Gasteiger partial charge in [-0.05, 0) is 31.5 Å². The number of benzene rings is 1. The molecular weight excluding hydrogens is 349 g/mol. The van der Waals surface area contributed by atoms with E-state index in [1.165, 1.54) is 18.2 Å². The molecule has 0 aromatic heterocycles. The number of para-hydroxylation sites is 2. The molecule has 1 aliphatic heterocycles. The van der Waals surface area contributed by atoms with Crippen LogP contribution in [0.4, 0.5) is 13.2 Å². The molecule has 136 valence electrons. The zero-order valence-corrected chi connectivity index (χ0v) is 13.7. The fraction of sp³-hybridized carbons (Fsp3) is 0.533. The molecule has 1 aromatic carbocycles. The third-order valence-corrected chi connectivity index (χ3v) is 3.26. The molecule has 0 aliphatic carbocycles. The molecule has 24 heavy (non-hydrogen) atoms. The van der Waals surface area contributed by atoms with Crippen LogP contribution in [0.2, 0.25) is 0 Å². The fourth-order valence-corrected chi connectivity index (χ4v) is 2.24. The van der Waals surface area contributed by atoms with E-state index in [-0.39, 0.29) is 42.5 Å². The molecule has 0 saturated carbocycles. The minimum atomic E-state index is -4.43. The zero-order valence-electron chi connectivity index (χ0n) is 12.9. The van der Waals surface area contributed by atoms with Crippen LogP contribution in [-0.4, -0.2) is 44.4 Å². The molecule has 1 atom stereocenters. The van der Waals surface area contributed by atoms with Crippen LogP contribution in [0.25, 0.3) is 0 Å². The number of carbonyl (C=O) groups is 1. The average molecular weight is 369 g/mol. The largest absolute Gasteiger partial charge is 0.480 e. The summed E-state index contributed by atoms with van der Waals surface area (Å²) in [5.74, 6) is -0.255. The maximum Gasteiger partial charge on any atom is 0.422 e. The van der Waals surface area contributed by atoms with Gasteiger partial charge in [0.25, 0.3) is 5.91 Å². The molecule has 5 nitrogen and oxygen atoms in total. The summed E-state index contributed by atoms with van der Waals surface area (Å²) in [5, 5.41) is 5.99. The van der Waals surface area contributed by atoms with Crippen molar-refractivity contribution in [2.45, 2.75) is 25.1 Å². The number of amides is 1. The first-order valence-corrected chi connectivity index (χ1v) is 7.35. The first kappa shape index (κ1) is 20.4. The van der Waals surface area contributed by atoms with Crippen LogP contribution >= 0.6 is 12.4 Å². The van der Waals surface area contributed by atoms with Crippen molar-refractivity contribution in [1.82, 2.24) is 10.6 Å². The second-order valence-electron chi connectivity index (χ2n) is 5.25. The molecule has 0 spiro atoms. The Labute approximate surface area is 144 Å². The van der Waals surface area contributed by atoms with Gasteiger partial charge in [0.15, 0.2) is 24.7 Å². The summed E-state index contributed by atoms with van der Waals surface area (Å²) in [5.41, 5.74) is 0. The number of nitrogens with one attached hydrogen (secondary N) is 2. The summed E-state index contributed by atoms with van der Waals surface area (Å²) >= 11 is 0. The Balaban J connectivity index is 0.00000288. The van der Waals surface area contributed by atoms with Crippen molar-refractivity contribution in [3.8, 4) is 11.5 Å². The molecule has 1 unspecified atom stereocenters. The van der Waals surface area contributed by atoms with Crippen molar-refractivity contribution in [2.75, 3.05) is 26.3 Å². The number of piperidine rings is 1. The highest BCUT2D eigenvalue weighted by molar-refractivity contribution is 5.85. The fourth-order valence-electron chi connectivity index (χ4n) is 2.24. The van der Waals surface area contributed by atoms with Gasteiger partial charge >= 0.3 is 6.18 Å². The van der Waals surface area contributed by atoms with E-state index < -0.39 is 12.8 Å². The van der Waals surface area contributed by atoms with Crippen LogP contribution < -0.4 is 20.1 Å². The normalized spacial score (nSPS) is 17.5. The third-order valence-electron chi connectivity index (χ3n) is 3.26. The molecule has 0 radical (unpaired) electrons. The third kappa shape index (κ3) is 7.27. The summed E-state index contributed by atoms with van der Waals surface area (Å²) in [6, 6.07) is 6.01. The van der Waals surface area contributed by atoms with Gasteiger partial charge < -0.3 is 20.1 Å². The van der Waals surface area contributed by atoms with Gasteiger partial charge in [-0.2, -0.15) is 13.2 Å². The van der Waals surface area contributed by atoms with Crippen molar-refractivity contribution in [2.24, 2.45) is 0 Å². The number of hydrogen-bond acceptors (Lipinski definition) is 4. The predicted molar refractivity (Wildman–Crippen MR) is 84.8 cm³/mol. The number of carbonyl (C=O) groups excluding carboxylic acids is 1. The van der Waals surface area contributed by atoms with Gasteiger partial charge in [0.2, 0.25) is 0 Å². The lowest BCUT2D eigenvalue weighted by Crippen LogP contribution is -2.47. The van der Waals surface area contributed by atoms with Gasteiger partial charge in [-0.1, -0.05) is 12.1 Å². The van der Waals surface area contributed by atoms with Gasteiger partial charge in [0.05, 0.1) is 0 Å². The Kier molecular flexibility index (Phi) is 8.14. The Hall–Kier alpha value is -1.67. The van der Waals surface area contributed by atoms with E-state index in [0.29, 0.717) is 6.54 Å². The molecule has 1 amide bonds. The van der Waals surface area contributed by atoms with Crippen LogP contribution in [0, 0.1) is 0 Å². The molecule has 1 aromatic rings. The van der Waals surface area contributed by atoms with Gasteiger partial charge in [0.1, 0.15) is 0 Å². The van der Waals surface area contributed by atoms with Crippen molar-refractivity contribution in [3.05, 3.63) is 24.3 Å². The predicted octanol–water partition coefficient (Wildman–Crippen LogP) is 2.30. The summed E-state index contributed by atoms with van der Waals surface area (Å²) < 4.78 is 46.6. The Morgan fingerprint density at radius 1 is 1.25 bits per heavy atom. The van der Waals surface area contributed by atoms with Gasteiger partial charge in [-0.25, -0.2) is 0 Å². The van der Waals surface area contributed by atoms with E-state index in [1.54, 1.807) is 6.07 Å². The first-order chi connectivity index (χ1) is 10.9. The lowest BCUT2D eigenvalue weighted by Gasteiger charge is -2.23. The number of hydrogen-bond donors (Lipinski definition) is 2. The van der Waals surface area contributed by atoms with Crippen LogP contribution in [0.5, 0.6) is 11.5 Å². The number of alkyl halides is 3. The maximum absolute atomic E-state index is 12.2. The van der Waals surface area contributed by atoms with E-state index in [0.717, 1.165) is 19.4 Å².